The zero-order chi connectivity index (χ0) is 3.41. The minimum atomic E-state index is 0.138. The molecule has 0 rings (SSSR count). The molecule has 24 valence electrons. The van der Waals surface area contributed by atoms with Gasteiger partial charge in [0.2, 0.25) is 0 Å². The predicted molar refractivity (Wildman–Crippen MR) is 14.8 cm³/mol. The second-order valence-corrected chi connectivity index (χ2v) is 2.00. The normalized spacial score (nSPS) is 6.00. The van der Waals surface area contributed by atoms with Gasteiger partial charge in [-0.3, -0.25) is 0 Å². The zero-order valence-electron chi connectivity index (χ0n) is 2.46. The van der Waals surface area contributed by atoms with E-state index < -0.39 is 0 Å². The summed E-state index contributed by atoms with van der Waals surface area (Å²) in [5.41, 5.74) is 0. The van der Waals surface area contributed by atoms with Crippen LogP contribution in [0.3, 0.4) is 0 Å². The van der Waals surface area contributed by atoms with Crippen LogP contribution in [-0.4, -0.2) is 4.93 Å². The van der Waals surface area contributed by atoms with Crippen LogP contribution in [0.2, 0.25) is 0 Å². The summed E-state index contributed by atoms with van der Waals surface area (Å²) in [6.45, 7) is 0. The second kappa shape index (κ2) is 3.29. The van der Waals surface area contributed by atoms with Gasteiger partial charge in [-0.2, -0.15) is 0 Å². The van der Waals surface area contributed by atoms with Crippen molar-refractivity contribution in [1.82, 2.24) is 0 Å². The Morgan fingerprint density at radius 1 is 2.00 bits per heavy atom. The molecule has 0 fully saturated rings. The Kier molecular flexibility index (Phi) is 3.53. The first-order valence-corrected chi connectivity index (χ1v) is 4.09. The molecule has 0 saturated heterocycles. The molecule has 0 unspecified atom stereocenters. The molecule has 0 atom stereocenters. The van der Waals surface area contributed by atoms with Crippen LogP contribution in [-0.2, 0) is 0 Å². The molecule has 0 aliphatic rings. The number of halogens is 1. The summed E-state index contributed by atoms with van der Waals surface area (Å²) in [5, 5.41) is 0. The third-order valence-electron chi connectivity index (χ3n) is 0.109. The molecule has 0 aromatic carbocycles. The fourth-order valence-corrected chi connectivity index (χ4v) is 0. The van der Waals surface area contributed by atoms with Crippen LogP contribution in [0.5, 0.6) is 0 Å². The first kappa shape index (κ1) is 4.29. The van der Waals surface area contributed by atoms with Crippen molar-refractivity contribution in [3.8, 4) is 10.4 Å². The van der Waals surface area contributed by atoms with Crippen molar-refractivity contribution in [1.29, 1.82) is 0 Å². The first-order chi connectivity index (χ1) is 1.91. The van der Waals surface area contributed by atoms with Crippen molar-refractivity contribution >= 4 is 0 Å². The third-order valence-corrected chi connectivity index (χ3v) is 0.732. The molecule has 0 aliphatic heterocycles. The van der Waals surface area contributed by atoms with Gasteiger partial charge in [-0.15, -0.1) is 0 Å². The van der Waals surface area contributed by atoms with Crippen molar-refractivity contribution in [3.63, 3.8) is 0 Å². The van der Waals surface area contributed by atoms with Crippen molar-refractivity contribution < 1.29 is 21.2 Å². The first-order valence-electron chi connectivity index (χ1n) is 0.856. The van der Waals surface area contributed by atoms with Crippen LogP contribution in [0.25, 0.3) is 0 Å². The van der Waals surface area contributed by atoms with Crippen LogP contribution in [0.4, 0.5) is 0 Å². The van der Waals surface area contributed by atoms with Crippen LogP contribution < -0.4 is 21.2 Å². The Labute approximate surface area is 36.9 Å². The number of alkyl halides is 1. The van der Waals surface area contributed by atoms with E-state index in [1.54, 1.807) is 0 Å². The second-order valence-electron chi connectivity index (χ2n) is 0.298. The molecule has 4 heavy (non-hydrogen) atoms. The molecule has 0 heterocycles. The number of rotatable bonds is 0. The summed E-state index contributed by atoms with van der Waals surface area (Å²) >= 11 is 0.138. The van der Waals surface area contributed by atoms with E-state index in [2.05, 4.69) is 8.86 Å². The summed E-state index contributed by atoms with van der Waals surface area (Å²) in [5.74, 6) is 0. The Morgan fingerprint density at radius 3 is 2.25 bits per heavy atom. The van der Waals surface area contributed by atoms with E-state index in [0.29, 0.717) is 0 Å². The van der Waals surface area contributed by atoms with Crippen LogP contribution >= 0.6 is 0 Å². The summed E-state index contributed by atoms with van der Waals surface area (Å²) < 4.78 is 2.54. The summed E-state index contributed by atoms with van der Waals surface area (Å²) in [7, 11) is 0. The number of hydrogen-bond donors (Lipinski definition) is 0. The van der Waals surface area contributed by atoms with Crippen molar-refractivity contribution in [2.24, 2.45) is 0 Å². The molecule has 0 amide bonds. The molecular weight excluding hydrogens is 163 g/mol. The molecule has 0 saturated carbocycles. The maximum atomic E-state index is 4.83. The van der Waals surface area contributed by atoms with E-state index in [1.807, 2.05) is 0 Å². The van der Waals surface area contributed by atoms with Gasteiger partial charge < -0.3 is 0 Å². The maximum absolute atomic E-state index is 4.83. The minimum absolute atomic E-state index is 0.138. The van der Waals surface area contributed by atoms with E-state index in [1.165, 1.54) is 0 Å². The molecule has 0 nitrogen and oxygen atoms in total. The van der Waals surface area contributed by atoms with E-state index in [0.717, 1.165) is 0 Å². The van der Waals surface area contributed by atoms with Crippen molar-refractivity contribution in [2.45, 2.75) is 0 Å². The Balaban J connectivity index is 2.43. The van der Waals surface area contributed by atoms with Gasteiger partial charge in [0.05, 0.1) is 0 Å². The molecule has 0 N–H and O–H groups in total. The molecule has 0 aromatic heterocycles. The zero-order valence-corrected chi connectivity index (χ0v) is 4.61. The SMILES string of the molecule is C#C[I-]C. The van der Waals surface area contributed by atoms with Gasteiger partial charge in [0.25, 0.3) is 0 Å². The Morgan fingerprint density at radius 2 is 2.25 bits per heavy atom. The predicted octanol–water partition coefficient (Wildman–Crippen LogP) is -2.70. The third kappa shape index (κ3) is 2.29. The van der Waals surface area contributed by atoms with E-state index in [-0.39, 0.29) is 21.2 Å². The molecule has 0 radical (unpaired) electrons. The van der Waals surface area contributed by atoms with E-state index in [9.17, 15) is 0 Å². The quantitative estimate of drug-likeness (QED) is 0.209. The van der Waals surface area contributed by atoms with Crippen LogP contribution in [0.15, 0.2) is 0 Å². The molecule has 0 aliphatic carbocycles. The summed E-state index contributed by atoms with van der Waals surface area (Å²) in [6.07, 6.45) is 4.83. The topological polar surface area (TPSA) is 0 Å². The van der Waals surface area contributed by atoms with Gasteiger partial charge in [-0.1, -0.05) is 0 Å². The van der Waals surface area contributed by atoms with Gasteiger partial charge in [0.1, 0.15) is 0 Å². The Hall–Kier alpha value is 0.290. The summed E-state index contributed by atoms with van der Waals surface area (Å²) in [4.78, 5) is 2.05. The van der Waals surface area contributed by atoms with Gasteiger partial charge in [-0.25, -0.2) is 0 Å². The molecule has 0 aromatic rings. The number of hydrogen-bond acceptors (Lipinski definition) is 0. The van der Waals surface area contributed by atoms with Crippen LogP contribution in [0.1, 0.15) is 0 Å². The Bertz CT molecular complexity index is 33.0. The van der Waals surface area contributed by atoms with Crippen LogP contribution in [0, 0.1) is 10.4 Å². The molecule has 0 bridgehead atoms. The van der Waals surface area contributed by atoms with E-state index in [4.69, 9.17) is 6.42 Å². The average Bonchev–Trinajstić information content (AvgIpc) is 1.37. The van der Waals surface area contributed by atoms with Gasteiger partial charge in [0, 0.05) is 0 Å². The monoisotopic (exact) mass is 167 g/mol. The molecule has 0 spiro atoms. The fraction of sp³-hybridized carbons (Fsp3) is 0.333. The van der Waals surface area contributed by atoms with Crippen molar-refractivity contribution in [3.05, 3.63) is 0 Å². The van der Waals surface area contributed by atoms with E-state index >= 15 is 0 Å². The van der Waals surface area contributed by atoms with Crippen molar-refractivity contribution in [2.75, 3.05) is 4.93 Å². The average molecular weight is 167 g/mol. The van der Waals surface area contributed by atoms with Gasteiger partial charge >= 0.3 is 36.5 Å². The van der Waals surface area contributed by atoms with Gasteiger partial charge in [-0.05, 0) is 0 Å². The van der Waals surface area contributed by atoms with Gasteiger partial charge in [0.15, 0.2) is 0 Å². The number of terminal acetylenes is 1. The standard InChI is InChI=1S/C3H4I/c1-3-4-2/h1H,2H3/q-1. The molecule has 1 heteroatoms. The molecular formula is C3H4I-. The summed E-state index contributed by atoms with van der Waals surface area (Å²) in [6, 6.07) is 0. The fourth-order valence-electron chi connectivity index (χ4n) is 0.